The molecular formula is C17H18Cl2N2O. The third-order valence-corrected chi connectivity index (χ3v) is 4.11. The molecule has 5 heteroatoms. The van der Waals surface area contributed by atoms with Gasteiger partial charge in [0.25, 0.3) is 0 Å². The molecule has 0 fully saturated rings. The molecule has 22 heavy (non-hydrogen) atoms. The molecule has 0 atom stereocenters. The van der Waals surface area contributed by atoms with Gasteiger partial charge in [-0.25, -0.2) is 0 Å². The molecule has 2 aromatic rings. The van der Waals surface area contributed by atoms with E-state index in [2.05, 4.69) is 17.6 Å². The Hall–Kier alpha value is -1.71. The molecule has 1 amide bonds. The van der Waals surface area contributed by atoms with Crippen molar-refractivity contribution in [1.29, 1.82) is 0 Å². The summed E-state index contributed by atoms with van der Waals surface area (Å²) in [5.41, 5.74) is 2.73. The predicted molar refractivity (Wildman–Crippen MR) is 94.0 cm³/mol. The molecule has 3 nitrogen and oxygen atoms in total. The van der Waals surface area contributed by atoms with E-state index in [4.69, 9.17) is 23.2 Å². The van der Waals surface area contributed by atoms with Gasteiger partial charge in [-0.2, -0.15) is 0 Å². The van der Waals surface area contributed by atoms with Gasteiger partial charge < -0.3 is 10.6 Å². The van der Waals surface area contributed by atoms with E-state index in [9.17, 15) is 4.79 Å². The number of anilines is 2. The van der Waals surface area contributed by atoms with Crippen molar-refractivity contribution < 1.29 is 4.79 Å². The molecule has 0 unspecified atom stereocenters. The molecule has 0 bridgehead atoms. The van der Waals surface area contributed by atoms with Crippen molar-refractivity contribution in [2.75, 3.05) is 17.2 Å². The SMILES string of the molecule is CCc1ccccc1NC(=O)CCNc1cccc(Cl)c1Cl. The van der Waals surface area contributed by atoms with E-state index in [0.29, 0.717) is 23.0 Å². The van der Waals surface area contributed by atoms with Crippen LogP contribution in [0.15, 0.2) is 42.5 Å². The second-order valence-corrected chi connectivity index (χ2v) is 5.62. The first-order valence-corrected chi connectivity index (χ1v) is 7.93. The van der Waals surface area contributed by atoms with Gasteiger partial charge in [0, 0.05) is 18.7 Å². The molecule has 2 aromatic carbocycles. The van der Waals surface area contributed by atoms with Crippen LogP contribution in [-0.2, 0) is 11.2 Å². The highest BCUT2D eigenvalue weighted by Crippen LogP contribution is 2.29. The zero-order valence-corrected chi connectivity index (χ0v) is 13.8. The Balaban J connectivity index is 1.87. The average molecular weight is 337 g/mol. The van der Waals surface area contributed by atoms with Gasteiger partial charge >= 0.3 is 0 Å². The third kappa shape index (κ3) is 4.39. The summed E-state index contributed by atoms with van der Waals surface area (Å²) < 4.78 is 0. The second-order valence-electron chi connectivity index (χ2n) is 4.84. The van der Waals surface area contributed by atoms with Crippen LogP contribution in [0.3, 0.4) is 0 Å². The molecule has 2 N–H and O–H groups in total. The number of halogens is 2. The van der Waals surface area contributed by atoms with E-state index in [1.54, 1.807) is 6.07 Å². The summed E-state index contributed by atoms with van der Waals surface area (Å²) in [7, 11) is 0. The lowest BCUT2D eigenvalue weighted by Crippen LogP contribution is -2.17. The van der Waals surface area contributed by atoms with Crippen LogP contribution in [0.1, 0.15) is 18.9 Å². The zero-order chi connectivity index (χ0) is 15.9. The number of para-hydroxylation sites is 1. The van der Waals surface area contributed by atoms with Crippen LogP contribution < -0.4 is 10.6 Å². The van der Waals surface area contributed by atoms with Crippen molar-refractivity contribution in [3.8, 4) is 0 Å². The molecule has 0 aliphatic heterocycles. The summed E-state index contributed by atoms with van der Waals surface area (Å²) in [6.07, 6.45) is 1.23. The Bertz CT molecular complexity index is 659. The van der Waals surface area contributed by atoms with Gasteiger partial charge in [-0.3, -0.25) is 4.79 Å². The van der Waals surface area contributed by atoms with E-state index < -0.39 is 0 Å². The first kappa shape index (κ1) is 16.7. The number of benzene rings is 2. The highest BCUT2D eigenvalue weighted by Gasteiger charge is 2.07. The number of carbonyl (C=O) groups excluding carboxylic acids is 1. The average Bonchev–Trinajstić information content (AvgIpc) is 2.52. The van der Waals surface area contributed by atoms with Crippen LogP contribution in [0.2, 0.25) is 10.0 Å². The number of carbonyl (C=O) groups is 1. The van der Waals surface area contributed by atoms with E-state index in [-0.39, 0.29) is 5.91 Å². The molecule has 0 heterocycles. The van der Waals surface area contributed by atoms with Crippen LogP contribution >= 0.6 is 23.2 Å². The lowest BCUT2D eigenvalue weighted by molar-refractivity contribution is -0.115. The smallest absolute Gasteiger partial charge is 0.226 e. The molecule has 2 rings (SSSR count). The van der Waals surface area contributed by atoms with Gasteiger partial charge in [0.15, 0.2) is 0 Å². The monoisotopic (exact) mass is 336 g/mol. The Morgan fingerprint density at radius 1 is 1.05 bits per heavy atom. The quantitative estimate of drug-likeness (QED) is 0.779. The largest absolute Gasteiger partial charge is 0.383 e. The van der Waals surface area contributed by atoms with E-state index in [0.717, 1.165) is 23.4 Å². The third-order valence-electron chi connectivity index (χ3n) is 3.29. The second kappa shape index (κ2) is 8.06. The summed E-state index contributed by atoms with van der Waals surface area (Å²) in [6, 6.07) is 13.2. The summed E-state index contributed by atoms with van der Waals surface area (Å²) in [6.45, 7) is 2.55. The van der Waals surface area contributed by atoms with E-state index in [1.807, 2.05) is 36.4 Å². The molecule has 0 saturated carbocycles. The van der Waals surface area contributed by atoms with Crippen LogP contribution in [0.25, 0.3) is 0 Å². The fraction of sp³-hybridized carbons (Fsp3) is 0.235. The van der Waals surface area contributed by atoms with Gasteiger partial charge in [0.1, 0.15) is 0 Å². The molecule has 0 saturated heterocycles. The highest BCUT2D eigenvalue weighted by atomic mass is 35.5. The van der Waals surface area contributed by atoms with Crippen LogP contribution in [0.5, 0.6) is 0 Å². The standard InChI is InChI=1S/C17H18Cl2N2O/c1-2-12-6-3-4-8-14(12)21-16(22)10-11-20-15-9-5-7-13(18)17(15)19/h3-9,20H,2,10-11H2,1H3,(H,21,22). The lowest BCUT2D eigenvalue weighted by atomic mass is 10.1. The Kier molecular flexibility index (Phi) is 6.10. The maximum absolute atomic E-state index is 12.0. The Labute approximate surface area is 140 Å². The maximum atomic E-state index is 12.0. The molecule has 0 aromatic heterocycles. The van der Waals surface area contributed by atoms with Crippen LogP contribution in [0.4, 0.5) is 11.4 Å². The van der Waals surface area contributed by atoms with E-state index in [1.165, 1.54) is 0 Å². The number of hydrogen-bond acceptors (Lipinski definition) is 2. The van der Waals surface area contributed by atoms with E-state index >= 15 is 0 Å². The first-order chi connectivity index (χ1) is 10.6. The van der Waals surface area contributed by atoms with Crippen molar-refractivity contribution in [2.45, 2.75) is 19.8 Å². The van der Waals surface area contributed by atoms with Crippen molar-refractivity contribution in [3.05, 3.63) is 58.1 Å². The Morgan fingerprint density at radius 2 is 1.77 bits per heavy atom. The van der Waals surface area contributed by atoms with Crippen molar-refractivity contribution in [1.82, 2.24) is 0 Å². The van der Waals surface area contributed by atoms with Gasteiger partial charge in [-0.05, 0) is 30.2 Å². The predicted octanol–water partition coefficient (Wildman–Crippen LogP) is 5.00. The number of amides is 1. The number of aryl methyl sites for hydroxylation is 1. The number of hydrogen-bond donors (Lipinski definition) is 2. The summed E-state index contributed by atoms with van der Waals surface area (Å²) in [5, 5.41) is 7.02. The minimum absolute atomic E-state index is 0.0356. The maximum Gasteiger partial charge on any atom is 0.226 e. The van der Waals surface area contributed by atoms with Crippen molar-refractivity contribution >= 4 is 40.5 Å². The van der Waals surface area contributed by atoms with Gasteiger partial charge in [0.2, 0.25) is 5.91 Å². The molecular weight excluding hydrogens is 319 g/mol. The van der Waals surface area contributed by atoms with Gasteiger partial charge in [0.05, 0.1) is 15.7 Å². The number of rotatable bonds is 6. The molecule has 116 valence electrons. The first-order valence-electron chi connectivity index (χ1n) is 7.17. The van der Waals surface area contributed by atoms with Crippen LogP contribution in [-0.4, -0.2) is 12.5 Å². The fourth-order valence-electron chi connectivity index (χ4n) is 2.11. The van der Waals surface area contributed by atoms with Crippen LogP contribution in [0, 0.1) is 0 Å². The highest BCUT2D eigenvalue weighted by molar-refractivity contribution is 6.43. The summed E-state index contributed by atoms with van der Waals surface area (Å²) in [4.78, 5) is 12.0. The minimum atomic E-state index is -0.0356. The van der Waals surface area contributed by atoms with Gasteiger partial charge in [-0.15, -0.1) is 0 Å². The van der Waals surface area contributed by atoms with Gasteiger partial charge in [-0.1, -0.05) is 54.4 Å². The van der Waals surface area contributed by atoms with Crippen molar-refractivity contribution in [3.63, 3.8) is 0 Å². The normalized spacial score (nSPS) is 10.3. The zero-order valence-electron chi connectivity index (χ0n) is 12.3. The molecule has 0 aliphatic rings. The molecule has 0 spiro atoms. The molecule has 0 radical (unpaired) electrons. The Morgan fingerprint density at radius 3 is 2.55 bits per heavy atom. The number of nitrogens with one attached hydrogen (secondary N) is 2. The van der Waals surface area contributed by atoms with Crippen molar-refractivity contribution in [2.24, 2.45) is 0 Å². The topological polar surface area (TPSA) is 41.1 Å². The fourth-order valence-corrected chi connectivity index (χ4v) is 2.48. The summed E-state index contributed by atoms with van der Waals surface area (Å²) in [5.74, 6) is -0.0356. The lowest BCUT2D eigenvalue weighted by Gasteiger charge is -2.11. The minimum Gasteiger partial charge on any atom is -0.383 e. The molecule has 0 aliphatic carbocycles. The summed E-state index contributed by atoms with van der Waals surface area (Å²) >= 11 is 12.0.